The molecule has 1 aliphatic rings. The zero-order valence-corrected chi connectivity index (χ0v) is 13.3. The molecule has 116 valence electrons. The van der Waals surface area contributed by atoms with Crippen molar-refractivity contribution in [3.05, 3.63) is 34.9 Å². The van der Waals surface area contributed by atoms with Crippen LogP contribution in [0.2, 0.25) is 5.02 Å². The Morgan fingerprint density at radius 1 is 1.48 bits per heavy atom. The smallest absolute Gasteiger partial charge is 0.311 e. The van der Waals surface area contributed by atoms with Crippen LogP contribution in [0, 0.1) is 5.41 Å². The van der Waals surface area contributed by atoms with Crippen LogP contribution in [0.4, 0.5) is 0 Å². The number of ether oxygens (including phenoxy) is 1. The van der Waals surface area contributed by atoms with Gasteiger partial charge >= 0.3 is 5.97 Å². The molecule has 1 saturated heterocycles. The highest BCUT2D eigenvalue weighted by molar-refractivity contribution is 6.30. The number of halogens is 1. The van der Waals surface area contributed by atoms with Crippen molar-refractivity contribution < 1.29 is 14.6 Å². The molecule has 0 bridgehead atoms. The summed E-state index contributed by atoms with van der Waals surface area (Å²) in [5, 5.41) is 10.3. The van der Waals surface area contributed by atoms with Crippen LogP contribution >= 0.6 is 11.6 Å². The topological polar surface area (TPSA) is 49.8 Å². The molecule has 0 amide bonds. The zero-order valence-electron chi connectivity index (χ0n) is 12.5. The summed E-state index contributed by atoms with van der Waals surface area (Å²) in [6, 6.07) is 7.83. The molecule has 0 aromatic heterocycles. The average molecular weight is 312 g/mol. The van der Waals surface area contributed by atoms with Crippen molar-refractivity contribution in [2.24, 2.45) is 5.41 Å². The van der Waals surface area contributed by atoms with E-state index >= 15 is 0 Å². The van der Waals surface area contributed by atoms with E-state index in [0.717, 1.165) is 5.56 Å². The number of rotatable bonds is 5. The number of carbonyl (C=O) groups is 1. The van der Waals surface area contributed by atoms with Gasteiger partial charge in [0, 0.05) is 30.8 Å². The van der Waals surface area contributed by atoms with Crippen LogP contribution in [0.1, 0.15) is 31.4 Å². The molecule has 0 spiro atoms. The molecule has 0 saturated carbocycles. The molecule has 4 nitrogen and oxygen atoms in total. The number of carboxylic acid groups (broad SMARTS) is 1. The lowest BCUT2D eigenvalue weighted by Crippen LogP contribution is -2.46. The Morgan fingerprint density at radius 3 is 2.71 bits per heavy atom. The lowest BCUT2D eigenvalue weighted by Gasteiger charge is -2.38. The van der Waals surface area contributed by atoms with E-state index in [9.17, 15) is 9.90 Å². The maximum atomic E-state index is 11.7. The summed E-state index contributed by atoms with van der Waals surface area (Å²) in [5.74, 6) is -0.726. The third-order valence-corrected chi connectivity index (χ3v) is 4.68. The molecule has 1 aromatic carbocycles. The van der Waals surface area contributed by atoms with Crippen LogP contribution < -0.4 is 0 Å². The molecule has 1 atom stereocenters. The van der Waals surface area contributed by atoms with Gasteiger partial charge in [-0.2, -0.15) is 0 Å². The Balaban J connectivity index is 2.11. The van der Waals surface area contributed by atoms with Crippen LogP contribution in [0.5, 0.6) is 0 Å². The number of carboxylic acids is 1. The number of nitrogens with zero attached hydrogens (tertiary/aromatic N) is 1. The average Bonchev–Trinajstić information content (AvgIpc) is 2.47. The summed E-state index contributed by atoms with van der Waals surface area (Å²) < 4.78 is 5.32. The molecular formula is C16H22ClNO3. The van der Waals surface area contributed by atoms with Gasteiger partial charge in [0.1, 0.15) is 0 Å². The van der Waals surface area contributed by atoms with Crippen LogP contribution in [-0.4, -0.2) is 42.8 Å². The molecular weight excluding hydrogens is 290 g/mol. The van der Waals surface area contributed by atoms with Crippen molar-refractivity contribution in [2.45, 2.75) is 25.8 Å². The normalized spacial score (nSPS) is 19.4. The van der Waals surface area contributed by atoms with Gasteiger partial charge in [-0.3, -0.25) is 9.69 Å². The fourth-order valence-electron chi connectivity index (χ4n) is 2.84. The molecule has 1 unspecified atom stereocenters. The molecule has 0 aliphatic carbocycles. The SMILES string of the molecule is CC(c1cccc(Cl)c1)N(C)CC1(C(=O)O)CCOCC1. The first-order chi connectivity index (χ1) is 9.94. The molecule has 1 aliphatic heterocycles. The van der Waals surface area contributed by atoms with Gasteiger partial charge in [-0.05, 0) is 44.5 Å². The summed E-state index contributed by atoms with van der Waals surface area (Å²) >= 11 is 6.03. The lowest BCUT2D eigenvalue weighted by molar-refractivity contribution is -0.156. The van der Waals surface area contributed by atoms with Crippen LogP contribution in [0.3, 0.4) is 0 Å². The minimum absolute atomic E-state index is 0.114. The van der Waals surface area contributed by atoms with Gasteiger partial charge in [0.15, 0.2) is 0 Å². The Morgan fingerprint density at radius 2 is 2.14 bits per heavy atom. The summed E-state index contributed by atoms with van der Waals surface area (Å²) in [5.41, 5.74) is 0.387. The predicted octanol–water partition coefficient (Wildman–Crippen LogP) is 3.21. The van der Waals surface area contributed by atoms with Crippen molar-refractivity contribution in [1.82, 2.24) is 4.90 Å². The molecule has 5 heteroatoms. The van der Waals surface area contributed by atoms with Crippen molar-refractivity contribution in [1.29, 1.82) is 0 Å². The lowest BCUT2D eigenvalue weighted by atomic mass is 9.79. The summed E-state index contributed by atoms with van der Waals surface area (Å²) in [6.07, 6.45) is 1.13. The Kier molecular flexibility index (Phi) is 5.25. The van der Waals surface area contributed by atoms with Crippen molar-refractivity contribution in [3.8, 4) is 0 Å². The molecule has 21 heavy (non-hydrogen) atoms. The van der Waals surface area contributed by atoms with Crippen LogP contribution in [0.15, 0.2) is 24.3 Å². The van der Waals surface area contributed by atoms with E-state index in [1.807, 2.05) is 31.3 Å². The second-order valence-corrected chi connectivity index (χ2v) is 6.28. The monoisotopic (exact) mass is 311 g/mol. The number of aliphatic carboxylic acids is 1. The van der Waals surface area contributed by atoms with E-state index < -0.39 is 11.4 Å². The first-order valence-corrected chi connectivity index (χ1v) is 7.59. The summed E-state index contributed by atoms with van der Waals surface area (Å²) in [6.45, 7) is 3.62. The van der Waals surface area contributed by atoms with Gasteiger partial charge in [-0.1, -0.05) is 23.7 Å². The Labute approximate surface area is 130 Å². The Bertz CT molecular complexity index is 500. The second-order valence-electron chi connectivity index (χ2n) is 5.84. The van der Waals surface area contributed by atoms with Crippen LogP contribution in [0.25, 0.3) is 0 Å². The minimum Gasteiger partial charge on any atom is -0.481 e. The maximum Gasteiger partial charge on any atom is 0.311 e. The second kappa shape index (κ2) is 6.77. The highest BCUT2D eigenvalue weighted by Gasteiger charge is 2.41. The molecule has 1 fully saturated rings. The quantitative estimate of drug-likeness (QED) is 0.907. The number of hydrogen-bond acceptors (Lipinski definition) is 3. The van der Waals surface area contributed by atoms with E-state index in [0.29, 0.717) is 37.6 Å². The van der Waals surface area contributed by atoms with Gasteiger partial charge in [-0.25, -0.2) is 0 Å². The van der Waals surface area contributed by atoms with Gasteiger partial charge in [-0.15, -0.1) is 0 Å². The van der Waals surface area contributed by atoms with Crippen molar-refractivity contribution >= 4 is 17.6 Å². The number of benzene rings is 1. The standard InChI is InChI=1S/C16H22ClNO3/c1-12(13-4-3-5-14(17)10-13)18(2)11-16(15(19)20)6-8-21-9-7-16/h3-5,10,12H,6-9,11H2,1-2H3,(H,19,20). The fraction of sp³-hybridized carbons (Fsp3) is 0.562. The maximum absolute atomic E-state index is 11.7. The highest BCUT2D eigenvalue weighted by atomic mass is 35.5. The zero-order chi connectivity index (χ0) is 15.5. The Hall–Kier alpha value is -1.10. The van der Waals surface area contributed by atoms with E-state index in [4.69, 9.17) is 16.3 Å². The molecule has 0 radical (unpaired) electrons. The van der Waals surface area contributed by atoms with E-state index in [-0.39, 0.29) is 6.04 Å². The van der Waals surface area contributed by atoms with Gasteiger partial charge in [0.2, 0.25) is 0 Å². The minimum atomic E-state index is -0.726. The van der Waals surface area contributed by atoms with Crippen molar-refractivity contribution in [3.63, 3.8) is 0 Å². The van der Waals surface area contributed by atoms with Crippen molar-refractivity contribution in [2.75, 3.05) is 26.8 Å². The molecule has 2 rings (SSSR count). The van der Waals surface area contributed by atoms with E-state index in [1.54, 1.807) is 0 Å². The van der Waals surface area contributed by atoms with E-state index in [1.165, 1.54) is 0 Å². The first-order valence-electron chi connectivity index (χ1n) is 7.21. The molecule has 1 N–H and O–H groups in total. The number of hydrogen-bond donors (Lipinski definition) is 1. The highest BCUT2D eigenvalue weighted by Crippen LogP contribution is 2.34. The largest absolute Gasteiger partial charge is 0.481 e. The van der Waals surface area contributed by atoms with Gasteiger partial charge in [0.05, 0.1) is 5.41 Å². The molecule has 1 heterocycles. The van der Waals surface area contributed by atoms with Gasteiger partial charge < -0.3 is 9.84 Å². The third kappa shape index (κ3) is 3.76. The third-order valence-electron chi connectivity index (χ3n) is 4.45. The summed E-state index contributed by atoms with van der Waals surface area (Å²) in [7, 11) is 1.96. The van der Waals surface area contributed by atoms with Crippen LogP contribution in [-0.2, 0) is 9.53 Å². The van der Waals surface area contributed by atoms with E-state index in [2.05, 4.69) is 11.8 Å². The first kappa shape index (κ1) is 16.3. The van der Waals surface area contributed by atoms with Gasteiger partial charge in [0.25, 0.3) is 0 Å². The fourth-order valence-corrected chi connectivity index (χ4v) is 3.04. The predicted molar refractivity (Wildman–Crippen MR) is 82.6 cm³/mol. The molecule has 1 aromatic rings. The summed E-state index contributed by atoms with van der Waals surface area (Å²) in [4.78, 5) is 13.8.